The minimum Gasteiger partial charge on any atom is -0.491 e. The topological polar surface area (TPSA) is 27.7 Å². The molecule has 1 aromatic carbocycles. The normalized spacial score (nSPS) is 26.7. The SMILES string of the molecule is CCCC1CCC(C2CCC(OCC(F)(F)Oc3ccc(OCC)c(F)c3F)CC2)CC1. The maximum Gasteiger partial charge on any atom is 0.422 e. The van der Waals surface area contributed by atoms with Crippen LogP contribution in [0.1, 0.15) is 78.1 Å². The molecule has 0 amide bonds. The zero-order valence-electron chi connectivity index (χ0n) is 19.2. The van der Waals surface area contributed by atoms with E-state index >= 15 is 0 Å². The fraction of sp³-hybridized carbons (Fsp3) is 0.760. The second kappa shape index (κ2) is 11.6. The van der Waals surface area contributed by atoms with Gasteiger partial charge in [0.1, 0.15) is 0 Å². The Hall–Kier alpha value is -1.50. The third-order valence-electron chi connectivity index (χ3n) is 7.03. The number of benzene rings is 1. The molecule has 0 spiro atoms. The van der Waals surface area contributed by atoms with Crippen LogP contribution < -0.4 is 9.47 Å². The first-order valence-electron chi connectivity index (χ1n) is 12.1. The molecule has 0 unspecified atom stereocenters. The Morgan fingerprint density at radius 3 is 2.00 bits per heavy atom. The molecular formula is C25H36F4O3. The lowest BCUT2D eigenvalue weighted by atomic mass is 9.70. The molecule has 2 saturated carbocycles. The third-order valence-corrected chi connectivity index (χ3v) is 7.03. The predicted octanol–water partition coefficient (Wildman–Crippen LogP) is 7.52. The molecule has 0 aliphatic heterocycles. The summed E-state index contributed by atoms with van der Waals surface area (Å²) in [6.07, 6.45) is 7.30. The van der Waals surface area contributed by atoms with E-state index in [1.165, 1.54) is 38.5 Å². The molecule has 0 radical (unpaired) electrons. The van der Waals surface area contributed by atoms with Crippen molar-refractivity contribution in [2.24, 2.45) is 17.8 Å². The lowest BCUT2D eigenvalue weighted by molar-refractivity contribution is -0.223. The molecule has 0 aromatic heterocycles. The highest BCUT2D eigenvalue weighted by molar-refractivity contribution is 5.35. The Labute approximate surface area is 188 Å². The summed E-state index contributed by atoms with van der Waals surface area (Å²) in [6, 6.07) is 2.02. The van der Waals surface area contributed by atoms with Gasteiger partial charge in [-0.1, -0.05) is 32.6 Å². The van der Waals surface area contributed by atoms with E-state index in [1.54, 1.807) is 6.92 Å². The zero-order chi connectivity index (χ0) is 23.1. The Bertz CT molecular complexity index is 711. The van der Waals surface area contributed by atoms with Crippen molar-refractivity contribution in [1.82, 2.24) is 0 Å². The van der Waals surface area contributed by atoms with E-state index in [9.17, 15) is 17.6 Å². The lowest BCUT2D eigenvalue weighted by Gasteiger charge is -2.38. The van der Waals surface area contributed by atoms with Crippen molar-refractivity contribution < 1.29 is 31.8 Å². The average molecular weight is 461 g/mol. The summed E-state index contributed by atoms with van der Waals surface area (Å²) in [5, 5.41) is 0. The van der Waals surface area contributed by atoms with Crippen LogP contribution in [0.5, 0.6) is 11.5 Å². The molecule has 2 aliphatic rings. The van der Waals surface area contributed by atoms with Gasteiger partial charge in [0, 0.05) is 0 Å². The first-order valence-corrected chi connectivity index (χ1v) is 12.1. The van der Waals surface area contributed by atoms with E-state index in [-0.39, 0.29) is 18.5 Å². The highest BCUT2D eigenvalue weighted by atomic mass is 19.3. The molecule has 3 nitrogen and oxygen atoms in total. The molecular weight excluding hydrogens is 424 g/mol. The quantitative estimate of drug-likeness (QED) is 0.338. The van der Waals surface area contributed by atoms with Gasteiger partial charge in [-0.05, 0) is 75.3 Å². The fourth-order valence-electron chi connectivity index (χ4n) is 5.35. The van der Waals surface area contributed by atoms with Crippen LogP contribution in [0.25, 0.3) is 0 Å². The van der Waals surface area contributed by atoms with Gasteiger partial charge < -0.3 is 14.2 Å². The molecule has 0 heterocycles. The van der Waals surface area contributed by atoms with Crippen molar-refractivity contribution in [2.45, 2.75) is 90.3 Å². The highest BCUT2D eigenvalue weighted by Gasteiger charge is 2.37. The molecule has 2 fully saturated rings. The van der Waals surface area contributed by atoms with Crippen molar-refractivity contribution in [2.75, 3.05) is 13.2 Å². The maximum absolute atomic E-state index is 14.2. The van der Waals surface area contributed by atoms with Crippen LogP contribution in [0.4, 0.5) is 17.6 Å². The first kappa shape index (κ1) is 25.1. The number of hydrogen-bond acceptors (Lipinski definition) is 3. The second-order valence-electron chi connectivity index (χ2n) is 9.28. The van der Waals surface area contributed by atoms with E-state index in [1.807, 2.05) is 0 Å². The minimum atomic E-state index is -3.76. The first-order chi connectivity index (χ1) is 15.3. The van der Waals surface area contributed by atoms with Gasteiger partial charge in [0.05, 0.1) is 12.7 Å². The van der Waals surface area contributed by atoms with Gasteiger partial charge in [-0.3, -0.25) is 0 Å². The summed E-state index contributed by atoms with van der Waals surface area (Å²) in [4.78, 5) is 0. The smallest absolute Gasteiger partial charge is 0.422 e. The summed E-state index contributed by atoms with van der Waals surface area (Å²) in [5.41, 5.74) is 0. The fourth-order valence-corrected chi connectivity index (χ4v) is 5.35. The number of alkyl halides is 2. The summed E-state index contributed by atoms with van der Waals surface area (Å²) in [5.74, 6) is -1.74. The molecule has 0 atom stereocenters. The molecule has 0 saturated heterocycles. The van der Waals surface area contributed by atoms with E-state index in [2.05, 4.69) is 11.7 Å². The molecule has 1 aromatic rings. The molecule has 32 heavy (non-hydrogen) atoms. The molecule has 2 aliphatic carbocycles. The summed E-state index contributed by atoms with van der Waals surface area (Å²) in [6.45, 7) is 3.00. The molecule has 3 rings (SSSR count). The lowest BCUT2D eigenvalue weighted by Crippen LogP contribution is -2.35. The van der Waals surface area contributed by atoms with Crippen molar-refractivity contribution in [1.29, 1.82) is 0 Å². The van der Waals surface area contributed by atoms with E-state index in [0.29, 0.717) is 5.92 Å². The van der Waals surface area contributed by atoms with Gasteiger partial charge >= 0.3 is 6.11 Å². The molecule has 0 N–H and O–H groups in total. The van der Waals surface area contributed by atoms with Crippen molar-refractivity contribution in [3.8, 4) is 11.5 Å². The zero-order valence-corrected chi connectivity index (χ0v) is 19.2. The Balaban J connectivity index is 1.43. The van der Waals surface area contributed by atoms with Crippen LogP contribution in [0, 0.1) is 29.4 Å². The van der Waals surface area contributed by atoms with E-state index in [4.69, 9.17) is 9.47 Å². The Morgan fingerprint density at radius 2 is 1.41 bits per heavy atom. The highest BCUT2D eigenvalue weighted by Crippen LogP contribution is 2.41. The van der Waals surface area contributed by atoms with Crippen LogP contribution in [0.3, 0.4) is 0 Å². The van der Waals surface area contributed by atoms with Crippen molar-refractivity contribution in [3.05, 3.63) is 23.8 Å². The molecule has 7 heteroatoms. The summed E-state index contributed by atoms with van der Waals surface area (Å²) < 4.78 is 71.2. The largest absolute Gasteiger partial charge is 0.491 e. The van der Waals surface area contributed by atoms with Gasteiger partial charge in [-0.2, -0.15) is 17.6 Å². The van der Waals surface area contributed by atoms with Crippen LogP contribution >= 0.6 is 0 Å². The summed E-state index contributed by atoms with van der Waals surface area (Å²) in [7, 11) is 0. The number of hydrogen-bond donors (Lipinski definition) is 0. The molecule has 0 bridgehead atoms. The summed E-state index contributed by atoms with van der Waals surface area (Å²) >= 11 is 0. The average Bonchev–Trinajstić information content (AvgIpc) is 2.79. The standard InChI is InChI=1S/C25H36F4O3/c1-3-5-17-6-8-18(9-7-17)19-10-12-20(13-11-19)31-16-25(28,29)32-22-15-14-21(30-4-2)23(26)24(22)27/h14-15,17-20H,3-13,16H2,1-2H3. The van der Waals surface area contributed by atoms with E-state index in [0.717, 1.165) is 49.7 Å². The monoisotopic (exact) mass is 460 g/mol. The number of halogens is 4. The van der Waals surface area contributed by atoms with Crippen molar-refractivity contribution >= 4 is 0 Å². The number of rotatable bonds is 10. The van der Waals surface area contributed by atoms with Crippen LogP contribution in [0.15, 0.2) is 12.1 Å². The Kier molecular flexibility index (Phi) is 9.09. The maximum atomic E-state index is 14.2. The van der Waals surface area contributed by atoms with Gasteiger partial charge in [0.25, 0.3) is 0 Å². The Morgan fingerprint density at radius 1 is 0.844 bits per heavy atom. The second-order valence-corrected chi connectivity index (χ2v) is 9.28. The van der Waals surface area contributed by atoms with Crippen LogP contribution in [0.2, 0.25) is 0 Å². The third kappa shape index (κ3) is 6.75. The van der Waals surface area contributed by atoms with E-state index < -0.39 is 30.1 Å². The van der Waals surface area contributed by atoms with Gasteiger partial charge in [-0.15, -0.1) is 0 Å². The van der Waals surface area contributed by atoms with Crippen molar-refractivity contribution in [3.63, 3.8) is 0 Å². The predicted molar refractivity (Wildman–Crippen MR) is 115 cm³/mol. The van der Waals surface area contributed by atoms with Crippen LogP contribution in [-0.4, -0.2) is 25.4 Å². The molecule has 182 valence electrons. The van der Waals surface area contributed by atoms with Gasteiger partial charge in [0.2, 0.25) is 11.6 Å². The van der Waals surface area contributed by atoms with Gasteiger partial charge in [0.15, 0.2) is 18.1 Å². The van der Waals surface area contributed by atoms with Crippen LogP contribution in [-0.2, 0) is 4.74 Å². The number of ether oxygens (including phenoxy) is 3. The van der Waals surface area contributed by atoms with Gasteiger partial charge in [-0.25, -0.2) is 0 Å². The minimum absolute atomic E-state index is 0.128.